The summed E-state index contributed by atoms with van der Waals surface area (Å²) in [6, 6.07) is 189. The van der Waals surface area contributed by atoms with E-state index in [4.69, 9.17) is 0 Å². The van der Waals surface area contributed by atoms with E-state index in [-0.39, 0.29) is 0 Å². The van der Waals surface area contributed by atoms with Crippen molar-refractivity contribution in [1.29, 1.82) is 0 Å². The molecule has 0 N–H and O–H groups in total. The molecule has 0 aliphatic heterocycles. The lowest BCUT2D eigenvalue weighted by atomic mass is 9.67. The first-order valence-electron chi connectivity index (χ1n) is 46.5. The van der Waals surface area contributed by atoms with Crippen molar-refractivity contribution in [1.82, 2.24) is 18.3 Å². The van der Waals surface area contributed by atoms with Gasteiger partial charge in [-0.3, -0.25) is 0 Å². The number of rotatable bonds is 12. The molecule has 0 amide bonds. The van der Waals surface area contributed by atoms with Crippen molar-refractivity contribution in [2.45, 2.75) is 10.8 Å². The highest BCUT2D eigenvalue weighted by Gasteiger charge is 2.48. The van der Waals surface area contributed by atoms with Crippen LogP contribution in [0.2, 0.25) is 0 Å². The average Bonchev–Trinajstić information content (AvgIpc) is 1.52. The zero-order valence-corrected chi connectivity index (χ0v) is 73.3. The molecule has 2 aliphatic carbocycles. The van der Waals surface area contributed by atoms with Crippen LogP contribution >= 0.6 is 0 Å². The van der Waals surface area contributed by atoms with E-state index in [1.807, 2.05) is 0 Å². The van der Waals surface area contributed by atoms with Crippen molar-refractivity contribution in [3.8, 4) is 89.5 Å². The van der Waals surface area contributed by atoms with Crippen LogP contribution in [-0.4, -0.2) is 18.3 Å². The summed E-state index contributed by atoms with van der Waals surface area (Å²) in [6.07, 6.45) is 0. The van der Waals surface area contributed by atoms with Crippen LogP contribution < -0.4 is 0 Å². The van der Waals surface area contributed by atoms with Crippen LogP contribution in [0.5, 0.6) is 0 Å². The number of aromatic nitrogens is 4. The zero-order valence-electron chi connectivity index (χ0n) is 73.3. The van der Waals surface area contributed by atoms with E-state index in [2.05, 4.69) is 528 Å². The summed E-state index contributed by atoms with van der Waals surface area (Å²) in [5.74, 6) is 0. The van der Waals surface area contributed by atoms with Crippen LogP contribution in [0.15, 0.2) is 510 Å². The van der Waals surface area contributed by atoms with E-state index in [0.717, 1.165) is 11.4 Å². The highest BCUT2D eigenvalue weighted by Crippen LogP contribution is 2.60. The lowest BCUT2D eigenvalue weighted by Crippen LogP contribution is -2.28. The Hall–Kier alpha value is -17.4. The van der Waals surface area contributed by atoms with Gasteiger partial charge in [0.05, 0.1) is 66.3 Å². The molecule has 2 aliphatic rings. The van der Waals surface area contributed by atoms with Gasteiger partial charge >= 0.3 is 0 Å². The summed E-state index contributed by atoms with van der Waals surface area (Å²) in [7, 11) is 0. The normalized spacial score (nSPS) is 12.9. The molecular weight excluding hydrogens is 1620 g/mol. The molecule has 28 rings (SSSR count). The first-order valence-corrected chi connectivity index (χ1v) is 46.5. The quantitative estimate of drug-likeness (QED) is 0.116. The predicted octanol–water partition coefficient (Wildman–Crippen LogP) is 33.5. The van der Waals surface area contributed by atoms with E-state index < -0.39 is 10.8 Å². The summed E-state index contributed by atoms with van der Waals surface area (Å²) in [5, 5.41) is 14.8. The van der Waals surface area contributed by atoms with E-state index in [0.29, 0.717) is 0 Å². The minimum absolute atomic E-state index is 0.505. The molecule has 624 valence electrons. The van der Waals surface area contributed by atoms with Crippen LogP contribution in [0, 0.1) is 0 Å². The lowest BCUT2D eigenvalue weighted by molar-refractivity contribution is 0.769. The standard InChI is InChI=1S/2C65H42N2/c1-4-17-43(18-5-1)44-31-35-50(36-32-44)66-61-29-15-13-27-53(61)55-39-46(33-37-62(55)66)47-34-38-63-56(40-47)57-41-59-54(42-64(57)67(63)60-30-16-20-45-19-10-11-25-51(45)60)52-26-12-14-28-58(52)65(59,48-21-6-2-7-22-48)49-23-8-3-9-24-49;1-4-17-43(18-5-1)44-31-35-50(36-32-44)66-61-29-15-13-27-53(61)55-39-46(33-37-62(55)66)47-34-38-63-56(40-47)57-41-54-52-26-12-14-28-58(52)65(48-21-6-2-7-22-48,49-23-8-3-9-24-49)59(54)42-64(57)67(63)60-30-16-20-45-19-10-11-25-51(45)60/h2*1-42H. The number of nitrogens with zero attached hydrogens (tertiary/aromatic N) is 4. The lowest BCUT2D eigenvalue weighted by Gasteiger charge is -2.34. The average molecular weight is 1700 g/mol. The van der Waals surface area contributed by atoms with Crippen molar-refractivity contribution < 1.29 is 0 Å². The molecule has 0 atom stereocenters. The third kappa shape index (κ3) is 11.6. The molecule has 22 aromatic carbocycles. The maximum absolute atomic E-state index is 2.54. The van der Waals surface area contributed by atoms with Gasteiger partial charge in [-0.05, 0) is 243 Å². The Morgan fingerprint density at radius 2 is 0.410 bits per heavy atom. The Kier molecular flexibility index (Phi) is 17.5. The van der Waals surface area contributed by atoms with Gasteiger partial charge in [-0.1, -0.05) is 388 Å². The number of para-hydroxylation sites is 2. The van der Waals surface area contributed by atoms with Gasteiger partial charge in [0.2, 0.25) is 0 Å². The molecule has 4 aromatic heterocycles. The molecule has 4 heteroatoms. The number of fused-ring (bicyclic) bond motifs is 20. The van der Waals surface area contributed by atoms with Gasteiger partial charge in [0.1, 0.15) is 0 Å². The maximum atomic E-state index is 2.54. The fourth-order valence-electron chi connectivity index (χ4n) is 23.3. The van der Waals surface area contributed by atoms with Gasteiger partial charge in [0.15, 0.2) is 0 Å². The van der Waals surface area contributed by atoms with Crippen LogP contribution in [0.25, 0.3) is 198 Å². The Balaban J connectivity index is 0.000000136. The molecular formula is C130H84N4. The molecule has 0 fully saturated rings. The summed E-state index contributed by atoms with van der Waals surface area (Å²) >= 11 is 0. The Morgan fingerprint density at radius 1 is 0.134 bits per heavy atom. The van der Waals surface area contributed by atoms with Crippen LogP contribution in [0.4, 0.5) is 0 Å². The van der Waals surface area contributed by atoms with Crippen molar-refractivity contribution in [2.75, 3.05) is 0 Å². The Labute approximate surface area is 776 Å². The highest BCUT2D eigenvalue weighted by atomic mass is 15.0. The first-order chi connectivity index (χ1) is 66.5. The van der Waals surface area contributed by atoms with Gasteiger partial charge in [-0.25, -0.2) is 0 Å². The van der Waals surface area contributed by atoms with E-state index in [9.17, 15) is 0 Å². The number of hydrogen-bond donors (Lipinski definition) is 0. The van der Waals surface area contributed by atoms with Crippen LogP contribution in [-0.2, 0) is 10.8 Å². The molecule has 0 spiro atoms. The molecule has 134 heavy (non-hydrogen) atoms. The molecule has 0 saturated heterocycles. The molecule has 0 bridgehead atoms. The van der Waals surface area contributed by atoms with Gasteiger partial charge in [0.25, 0.3) is 0 Å². The van der Waals surface area contributed by atoms with Crippen molar-refractivity contribution in [3.05, 3.63) is 554 Å². The molecule has 0 saturated carbocycles. The van der Waals surface area contributed by atoms with Crippen molar-refractivity contribution in [2.24, 2.45) is 0 Å². The third-order valence-electron chi connectivity index (χ3n) is 29.2. The smallest absolute Gasteiger partial charge is 0.0714 e. The minimum atomic E-state index is -0.508. The minimum Gasteiger partial charge on any atom is -0.309 e. The molecule has 4 heterocycles. The van der Waals surface area contributed by atoms with Gasteiger partial charge in [-0.2, -0.15) is 0 Å². The fraction of sp³-hybridized carbons (Fsp3) is 0.0154. The molecule has 26 aromatic rings. The predicted molar refractivity (Wildman–Crippen MR) is 562 cm³/mol. The fourth-order valence-corrected chi connectivity index (χ4v) is 23.3. The Morgan fingerprint density at radius 3 is 0.821 bits per heavy atom. The largest absolute Gasteiger partial charge is 0.309 e. The highest BCUT2D eigenvalue weighted by molar-refractivity contribution is 6.18. The second kappa shape index (κ2) is 30.6. The summed E-state index contributed by atoms with van der Waals surface area (Å²) in [5.41, 5.74) is 38.3. The van der Waals surface area contributed by atoms with Gasteiger partial charge in [0, 0.05) is 65.2 Å². The summed E-state index contributed by atoms with van der Waals surface area (Å²) < 4.78 is 9.87. The number of benzene rings is 22. The maximum Gasteiger partial charge on any atom is 0.0714 e. The van der Waals surface area contributed by atoms with E-state index in [1.54, 1.807) is 0 Å². The zero-order chi connectivity index (χ0) is 88.1. The molecule has 0 radical (unpaired) electrons. The Bertz CT molecular complexity index is 9100. The SMILES string of the molecule is c1ccc(-c2ccc(-n3c4ccccc4c4cc(-c5ccc6c(c5)c5cc7c(cc5n6-c5cccc6ccccc56)-c5ccccc5C7(c5ccccc5)c5ccccc5)ccc43)cc2)cc1.c1ccc(-c2ccc(-n3c4ccccc4c4cc(-c5ccc6c(c5)c5cc7c(cc5n6-c5cccc6ccccc56)C(c5ccccc5)(c5ccccc5)c5ccccc5-7)ccc43)cc2)cc1. The van der Waals surface area contributed by atoms with Crippen LogP contribution in [0.1, 0.15) is 44.5 Å². The third-order valence-corrected chi connectivity index (χ3v) is 29.2. The monoisotopic (exact) mass is 1700 g/mol. The summed E-state index contributed by atoms with van der Waals surface area (Å²) in [6.45, 7) is 0. The molecule has 0 unspecified atom stereocenters. The van der Waals surface area contributed by atoms with Crippen molar-refractivity contribution >= 4 is 109 Å². The van der Waals surface area contributed by atoms with Gasteiger partial charge in [-0.15, -0.1) is 0 Å². The van der Waals surface area contributed by atoms with Gasteiger partial charge < -0.3 is 18.3 Å². The molecule has 4 nitrogen and oxygen atoms in total. The second-order valence-electron chi connectivity index (χ2n) is 36.0. The second-order valence-corrected chi connectivity index (χ2v) is 36.0. The summed E-state index contributed by atoms with van der Waals surface area (Å²) in [4.78, 5) is 0. The first kappa shape index (κ1) is 76.6. The number of hydrogen-bond acceptors (Lipinski definition) is 0. The van der Waals surface area contributed by atoms with Crippen LogP contribution in [0.3, 0.4) is 0 Å². The van der Waals surface area contributed by atoms with E-state index in [1.165, 1.54) is 231 Å². The van der Waals surface area contributed by atoms with E-state index >= 15 is 0 Å². The topological polar surface area (TPSA) is 19.7 Å². The van der Waals surface area contributed by atoms with Crippen molar-refractivity contribution in [3.63, 3.8) is 0 Å².